The fraction of sp³-hybridized carbons (Fsp3) is 0.138. The minimum atomic E-state index is -0.0316. The first-order valence-corrected chi connectivity index (χ1v) is 21.8. The number of ether oxygens (including phenoxy) is 1. The number of nitrogens with zero attached hydrogens (tertiary/aromatic N) is 2. The number of anilines is 6. The molecule has 2 atom stereocenters. The lowest BCUT2D eigenvalue weighted by atomic mass is 9.89. The van der Waals surface area contributed by atoms with E-state index >= 15 is 0 Å². The Kier molecular flexibility index (Phi) is 9.30. The van der Waals surface area contributed by atoms with Crippen molar-refractivity contribution in [1.29, 1.82) is 0 Å². The number of para-hydroxylation sites is 2. The number of rotatable bonds is 6. The molecule has 9 aromatic rings. The zero-order valence-corrected chi connectivity index (χ0v) is 35.6. The zero-order chi connectivity index (χ0) is 41.9. The molecule has 4 heteroatoms. The van der Waals surface area contributed by atoms with Crippen LogP contribution in [0.5, 0.6) is 5.75 Å². The second-order valence-electron chi connectivity index (χ2n) is 17.1. The number of hydrogen-bond donors (Lipinski definition) is 0. The van der Waals surface area contributed by atoms with Gasteiger partial charge in [0, 0.05) is 56.5 Å². The SMILES string of the molecule is CC1=Cc2c(oc3ccc(N(c4ccccc4)c4cc5c6ccccc6c(N(c6ccccc6)c6ccc7c(c6)C/C=C(C)\C=C/C(C)O7)cc5c5ccccc45)cc23)CC1C. The van der Waals surface area contributed by atoms with E-state index in [0.717, 1.165) is 75.0 Å². The first-order valence-electron chi connectivity index (χ1n) is 21.8. The third-order valence-electron chi connectivity index (χ3n) is 12.9. The normalized spacial score (nSPS) is 17.5. The number of allylic oxidation sites excluding steroid dienone is 4. The lowest BCUT2D eigenvalue weighted by molar-refractivity contribution is 0.268. The third kappa shape index (κ3) is 6.55. The van der Waals surface area contributed by atoms with Crippen LogP contribution >= 0.6 is 0 Å². The van der Waals surface area contributed by atoms with E-state index < -0.39 is 0 Å². The van der Waals surface area contributed by atoms with E-state index in [1.165, 1.54) is 49.0 Å². The summed E-state index contributed by atoms with van der Waals surface area (Å²) in [7, 11) is 0. The van der Waals surface area contributed by atoms with Crippen LogP contribution in [0.4, 0.5) is 34.1 Å². The summed E-state index contributed by atoms with van der Waals surface area (Å²) in [5, 5.41) is 8.29. The maximum atomic E-state index is 6.50. The van der Waals surface area contributed by atoms with Gasteiger partial charge in [-0.2, -0.15) is 0 Å². The van der Waals surface area contributed by atoms with E-state index in [0.29, 0.717) is 5.92 Å². The first-order chi connectivity index (χ1) is 30.4. The molecule has 62 heavy (non-hydrogen) atoms. The smallest absolute Gasteiger partial charge is 0.135 e. The average Bonchev–Trinajstić information content (AvgIpc) is 3.67. The standard InChI is InChI=1S/C58H48N2O2/c1-37-23-25-40(4)61-56-29-27-44(33-41(56)26-24-37)59(42-15-7-5-8-16-42)54-35-50-47-20-12-14-22-49(47)55(36-51(50)46-19-11-13-21-48(46)54)60(43-17-9-6-10-18-43)45-28-30-57-53(34-45)52-31-38(2)39(3)32-58(52)62-57/h5-25,27-31,33-36,39-40H,26,32H2,1-4H3/b25-23-,37-24-. The monoisotopic (exact) mass is 804 g/mol. The summed E-state index contributed by atoms with van der Waals surface area (Å²) in [6.07, 6.45) is 10.6. The molecule has 0 fully saturated rings. The van der Waals surface area contributed by atoms with Crippen molar-refractivity contribution in [3.8, 4) is 5.75 Å². The van der Waals surface area contributed by atoms with Crippen molar-refractivity contribution >= 4 is 83.5 Å². The molecule has 0 amide bonds. The third-order valence-corrected chi connectivity index (χ3v) is 12.9. The Morgan fingerprint density at radius 1 is 0.532 bits per heavy atom. The van der Waals surface area contributed by atoms with Crippen LogP contribution in [0.2, 0.25) is 0 Å². The molecule has 0 saturated heterocycles. The van der Waals surface area contributed by atoms with Gasteiger partial charge in [0.05, 0.1) is 11.4 Å². The van der Waals surface area contributed by atoms with Crippen LogP contribution in [0, 0.1) is 5.92 Å². The highest BCUT2D eigenvalue weighted by Gasteiger charge is 2.25. The van der Waals surface area contributed by atoms with Crippen LogP contribution < -0.4 is 14.5 Å². The predicted molar refractivity (Wildman–Crippen MR) is 261 cm³/mol. The van der Waals surface area contributed by atoms with Gasteiger partial charge in [0.2, 0.25) is 0 Å². The molecule has 0 radical (unpaired) electrons. The van der Waals surface area contributed by atoms with Gasteiger partial charge in [0.1, 0.15) is 23.2 Å². The average molecular weight is 805 g/mol. The Morgan fingerprint density at radius 3 is 1.73 bits per heavy atom. The van der Waals surface area contributed by atoms with Crippen molar-refractivity contribution in [1.82, 2.24) is 0 Å². The summed E-state index contributed by atoms with van der Waals surface area (Å²) >= 11 is 0. The van der Waals surface area contributed by atoms with Crippen LogP contribution in [0.15, 0.2) is 192 Å². The molecule has 2 unspecified atom stereocenters. The lowest BCUT2D eigenvalue weighted by Crippen LogP contribution is -2.13. The van der Waals surface area contributed by atoms with Crippen LogP contribution in [-0.4, -0.2) is 6.10 Å². The van der Waals surface area contributed by atoms with E-state index in [-0.39, 0.29) is 6.10 Å². The highest BCUT2D eigenvalue weighted by atomic mass is 16.5. The predicted octanol–water partition coefficient (Wildman–Crippen LogP) is 16.3. The van der Waals surface area contributed by atoms with E-state index in [2.05, 4.69) is 220 Å². The van der Waals surface area contributed by atoms with Crippen molar-refractivity contribution in [2.24, 2.45) is 5.92 Å². The van der Waals surface area contributed by atoms with Gasteiger partial charge >= 0.3 is 0 Å². The molecule has 0 saturated carbocycles. The van der Waals surface area contributed by atoms with Crippen molar-refractivity contribution < 1.29 is 9.15 Å². The Balaban J connectivity index is 1.15. The van der Waals surface area contributed by atoms with Crippen LogP contribution in [-0.2, 0) is 12.8 Å². The summed E-state index contributed by atoms with van der Waals surface area (Å²) in [4.78, 5) is 4.85. The van der Waals surface area contributed by atoms with Gasteiger partial charge in [-0.25, -0.2) is 0 Å². The number of fused-ring (bicyclic) bond motifs is 9. The van der Waals surface area contributed by atoms with Gasteiger partial charge in [-0.15, -0.1) is 0 Å². The number of hydrogen-bond acceptors (Lipinski definition) is 4. The molecule has 1 aromatic heterocycles. The second-order valence-corrected chi connectivity index (χ2v) is 17.1. The maximum absolute atomic E-state index is 6.50. The van der Waals surface area contributed by atoms with Gasteiger partial charge < -0.3 is 19.0 Å². The summed E-state index contributed by atoms with van der Waals surface area (Å²) in [6, 6.07) is 57.5. The molecule has 4 nitrogen and oxygen atoms in total. The van der Waals surface area contributed by atoms with E-state index in [4.69, 9.17) is 9.15 Å². The Labute approximate surface area is 363 Å². The molecule has 0 N–H and O–H groups in total. The van der Waals surface area contributed by atoms with Gasteiger partial charge in [0.25, 0.3) is 0 Å². The van der Waals surface area contributed by atoms with Crippen molar-refractivity contribution in [3.05, 3.63) is 204 Å². The minimum absolute atomic E-state index is 0.0316. The fourth-order valence-corrected chi connectivity index (χ4v) is 9.55. The molecular weight excluding hydrogens is 757 g/mol. The molecular formula is C58H48N2O2. The van der Waals surface area contributed by atoms with Gasteiger partial charge in [-0.3, -0.25) is 0 Å². The Hall–Kier alpha value is -7.30. The molecule has 2 heterocycles. The van der Waals surface area contributed by atoms with E-state index in [1.54, 1.807) is 0 Å². The van der Waals surface area contributed by atoms with Crippen molar-refractivity contribution in [3.63, 3.8) is 0 Å². The number of furan rings is 1. The second kappa shape index (κ2) is 15.3. The minimum Gasteiger partial charge on any atom is -0.486 e. The van der Waals surface area contributed by atoms with Crippen LogP contribution in [0.1, 0.15) is 44.6 Å². The highest BCUT2D eigenvalue weighted by molar-refractivity contribution is 6.24. The van der Waals surface area contributed by atoms with Crippen LogP contribution in [0.25, 0.3) is 49.4 Å². The van der Waals surface area contributed by atoms with E-state index in [9.17, 15) is 0 Å². The first kappa shape index (κ1) is 37.7. The molecule has 302 valence electrons. The maximum Gasteiger partial charge on any atom is 0.135 e. The summed E-state index contributed by atoms with van der Waals surface area (Å²) in [5.41, 5.74) is 12.5. The highest BCUT2D eigenvalue weighted by Crippen LogP contribution is 2.49. The zero-order valence-electron chi connectivity index (χ0n) is 35.6. The van der Waals surface area contributed by atoms with E-state index in [1.807, 2.05) is 0 Å². The van der Waals surface area contributed by atoms with Crippen molar-refractivity contribution in [2.75, 3.05) is 9.80 Å². The summed E-state index contributed by atoms with van der Waals surface area (Å²) in [6.45, 7) is 8.78. The molecule has 2 aliphatic rings. The van der Waals surface area contributed by atoms with Gasteiger partial charge in [-0.1, -0.05) is 121 Å². The molecule has 1 aliphatic carbocycles. The molecule has 0 spiro atoms. The number of benzene rings is 8. The largest absolute Gasteiger partial charge is 0.486 e. The van der Waals surface area contributed by atoms with Crippen LogP contribution in [0.3, 0.4) is 0 Å². The fourth-order valence-electron chi connectivity index (χ4n) is 9.55. The molecule has 8 aromatic carbocycles. The summed E-state index contributed by atoms with van der Waals surface area (Å²) < 4.78 is 13.0. The topological polar surface area (TPSA) is 28.9 Å². The molecule has 0 bridgehead atoms. The Morgan fingerprint density at radius 2 is 1.10 bits per heavy atom. The Bertz CT molecular complexity index is 3280. The van der Waals surface area contributed by atoms with Crippen molar-refractivity contribution in [2.45, 2.75) is 46.6 Å². The molecule has 11 rings (SSSR count). The van der Waals surface area contributed by atoms with Gasteiger partial charge in [0.15, 0.2) is 0 Å². The van der Waals surface area contributed by atoms with Gasteiger partial charge in [-0.05, 0) is 134 Å². The summed E-state index contributed by atoms with van der Waals surface area (Å²) in [5.74, 6) is 2.47. The quantitative estimate of drug-likeness (QED) is 0.157. The molecule has 1 aliphatic heterocycles. The lowest BCUT2D eigenvalue weighted by Gasteiger charge is -2.30.